The van der Waals surface area contributed by atoms with Gasteiger partial charge in [0, 0.05) is 23.8 Å². The van der Waals surface area contributed by atoms with Crippen LogP contribution in [0, 0.1) is 13.8 Å². The van der Waals surface area contributed by atoms with Crippen molar-refractivity contribution in [1.82, 2.24) is 14.6 Å². The molecule has 0 radical (unpaired) electrons. The van der Waals surface area contributed by atoms with E-state index in [4.69, 9.17) is 4.74 Å². The molecular weight excluding hydrogens is 330 g/mol. The summed E-state index contributed by atoms with van der Waals surface area (Å²) in [5, 5.41) is 0. The predicted octanol–water partition coefficient (Wildman–Crippen LogP) is 1.57. The molecule has 1 atom stereocenters. The van der Waals surface area contributed by atoms with Crippen LogP contribution in [0.25, 0.3) is 0 Å². The summed E-state index contributed by atoms with van der Waals surface area (Å²) in [6.45, 7) is 9.62. The van der Waals surface area contributed by atoms with E-state index in [0.717, 1.165) is 25.9 Å². The van der Waals surface area contributed by atoms with Gasteiger partial charge in [-0.15, -0.1) is 0 Å². The number of carbonyl (C=O) groups excluding carboxylic acids is 1. The Morgan fingerprint density at radius 1 is 1.38 bits per heavy atom. The lowest BCUT2D eigenvalue weighted by Crippen LogP contribution is -2.40. The van der Waals surface area contributed by atoms with Gasteiger partial charge >= 0.3 is 5.97 Å². The summed E-state index contributed by atoms with van der Waals surface area (Å²) in [5.41, 5.74) is 1.05. The van der Waals surface area contributed by atoms with Crippen molar-refractivity contribution in [3.63, 3.8) is 0 Å². The molecule has 8 heteroatoms. The van der Waals surface area contributed by atoms with Crippen LogP contribution in [0.4, 0.5) is 0 Å². The molecule has 1 aliphatic heterocycles. The van der Waals surface area contributed by atoms with E-state index in [2.05, 4.69) is 21.5 Å². The highest BCUT2D eigenvalue weighted by Gasteiger charge is 2.29. The average molecular weight is 357 g/mol. The molecule has 7 nitrogen and oxygen atoms in total. The van der Waals surface area contributed by atoms with Crippen LogP contribution in [0.1, 0.15) is 48.4 Å². The molecule has 2 N–H and O–H groups in total. The number of aromatic amines is 1. The van der Waals surface area contributed by atoms with Gasteiger partial charge in [0.05, 0.1) is 6.61 Å². The number of aryl methyl sites for hydroxylation is 1. The van der Waals surface area contributed by atoms with E-state index in [-0.39, 0.29) is 23.2 Å². The van der Waals surface area contributed by atoms with Crippen LogP contribution in [0.2, 0.25) is 0 Å². The van der Waals surface area contributed by atoms with E-state index < -0.39 is 16.0 Å². The van der Waals surface area contributed by atoms with Crippen molar-refractivity contribution >= 4 is 16.0 Å². The lowest BCUT2D eigenvalue weighted by molar-refractivity contribution is 0.0519. The summed E-state index contributed by atoms with van der Waals surface area (Å²) in [5.74, 6) is -0.535. The molecule has 0 aromatic carbocycles. The normalized spacial score (nSPS) is 18.9. The molecule has 1 aliphatic rings. The van der Waals surface area contributed by atoms with Crippen molar-refractivity contribution in [3.8, 4) is 0 Å². The molecule has 0 bridgehead atoms. The minimum atomic E-state index is -3.68. The van der Waals surface area contributed by atoms with E-state index in [1.165, 1.54) is 0 Å². The number of esters is 1. The minimum Gasteiger partial charge on any atom is -0.461 e. The van der Waals surface area contributed by atoms with Crippen molar-refractivity contribution < 1.29 is 17.9 Å². The highest BCUT2D eigenvalue weighted by molar-refractivity contribution is 7.89. The predicted molar refractivity (Wildman–Crippen MR) is 91.7 cm³/mol. The Balaban J connectivity index is 2.18. The summed E-state index contributed by atoms with van der Waals surface area (Å²) in [6.07, 6.45) is 2.09. The standard InChI is InChI=1S/C16H27N3O4S/c1-5-19-9-7-8-13(19)10-17-24(21,22)15-11(3)14(18-12(15)4)16(20)23-6-2/h13,17-18H,5-10H2,1-4H3. The number of ether oxygens (including phenoxy) is 1. The van der Waals surface area contributed by atoms with Gasteiger partial charge in [-0.05, 0) is 46.7 Å². The number of nitrogens with one attached hydrogen (secondary N) is 2. The van der Waals surface area contributed by atoms with E-state index in [1.807, 2.05) is 0 Å². The third-order valence-corrected chi connectivity index (χ3v) is 6.23. The maximum atomic E-state index is 12.7. The van der Waals surface area contributed by atoms with Gasteiger partial charge in [-0.25, -0.2) is 17.9 Å². The minimum absolute atomic E-state index is 0.145. The van der Waals surface area contributed by atoms with Crippen LogP contribution in [0.5, 0.6) is 0 Å². The Hall–Kier alpha value is -1.38. The number of sulfonamides is 1. The molecule has 0 spiro atoms. The molecule has 136 valence electrons. The Morgan fingerprint density at radius 3 is 2.71 bits per heavy atom. The van der Waals surface area contributed by atoms with Crippen molar-refractivity contribution in [2.45, 2.75) is 51.5 Å². The quantitative estimate of drug-likeness (QED) is 0.723. The molecule has 1 aromatic heterocycles. The molecule has 0 amide bonds. The Kier molecular flexibility index (Phi) is 6.06. The molecule has 0 saturated carbocycles. The fourth-order valence-corrected chi connectivity index (χ4v) is 4.88. The summed E-state index contributed by atoms with van der Waals surface area (Å²) >= 11 is 0. The third kappa shape index (κ3) is 3.81. The van der Waals surface area contributed by atoms with E-state index in [1.54, 1.807) is 20.8 Å². The fraction of sp³-hybridized carbons (Fsp3) is 0.688. The van der Waals surface area contributed by atoms with Gasteiger partial charge in [0.15, 0.2) is 0 Å². The molecule has 2 rings (SSSR count). The summed E-state index contributed by atoms with van der Waals surface area (Å²) < 4.78 is 33.1. The lowest BCUT2D eigenvalue weighted by atomic mass is 10.2. The van der Waals surface area contributed by atoms with Crippen molar-refractivity contribution in [3.05, 3.63) is 17.0 Å². The van der Waals surface area contributed by atoms with Gasteiger partial charge in [0.2, 0.25) is 10.0 Å². The number of nitrogens with zero attached hydrogens (tertiary/aromatic N) is 1. The number of likely N-dealkylation sites (tertiary alicyclic amines) is 1. The third-order valence-electron chi connectivity index (χ3n) is 4.53. The largest absolute Gasteiger partial charge is 0.461 e. The molecule has 1 aromatic rings. The first-order valence-electron chi connectivity index (χ1n) is 8.41. The second-order valence-corrected chi connectivity index (χ2v) is 7.78. The first kappa shape index (κ1) is 19.0. The molecule has 1 fully saturated rings. The first-order valence-corrected chi connectivity index (χ1v) is 9.90. The van der Waals surface area contributed by atoms with Gasteiger partial charge in [0.1, 0.15) is 10.6 Å². The molecule has 24 heavy (non-hydrogen) atoms. The smallest absolute Gasteiger partial charge is 0.355 e. The highest BCUT2D eigenvalue weighted by atomic mass is 32.2. The van der Waals surface area contributed by atoms with Crippen LogP contribution in [-0.2, 0) is 14.8 Å². The van der Waals surface area contributed by atoms with Crippen molar-refractivity contribution in [1.29, 1.82) is 0 Å². The average Bonchev–Trinajstić information content (AvgIpc) is 3.09. The maximum Gasteiger partial charge on any atom is 0.355 e. The van der Waals surface area contributed by atoms with Gasteiger partial charge in [0.25, 0.3) is 0 Å². The topological polar surface area (TPSA) is 91.5 Å². The molecule has 2 heterocycles. The van der Waals surface area contributed by atoms with Crippen LogP contribution in [0.3, 0.4) is 0 Å². The Morgan fingerprint density at radius 2 is 2.08 bits per heavy atom. The lowest BCUT2D eigenvalue weighted by Gasteiger charge is -2.22. The number of rotatable bonds is 7. The molecular formula is C16H27N3O4S. The Labute approximate surface area is 143 Å². The zero-order valence-electron chi connectivity index (χ0n) is 14.8. The van der Waals surface area contributed by atoms with Gasteiger partial charge in [-0.1, -0.05) is 6.92 Å². The van der Waals surface area contributed by atoms with E-state index in [9.17, 15) is 13.2 Å². The summed E-state index contributed by atoms with van der Waals surface area (Å²) in [4.78, 5) is 17.2. The zero-order valence-corrected chi connectivity index (χ0v) is 15.6. The van der Waals surface area contributed by atoms with Gasteiger partial charge < -0.3 is 9.72 Å². The number of aromatic nitrogens is 1. The first-order chi connectivity index (χ1) is 11.3. The second kappa shape index (κ2) is 7.67. The van der Waals surface area contributed by atoms with Crippen molar-refractivity contribution in [2.75, 3.05) is 26.2 Å². The van der Waals surface area contributed by atoms with Crippen molar-refractivity contribution in [2.24, 2.45) is 0 Å². The molecule has 1 saturated heterocycles. The Bertz CT molecular complexity index is 696. The number of hydrogen-bond acceptors (Lipinski definition) is 5. The number of hydrogen-bond donors (Lipinski definition) is 2. The number of carbonyl (C=O) groups is 1. The van der Waals surface area contributed by atoms with Gasteiger partial charge in [-0.3, -0.25) is 4.90 Å². The van der Waals surface area contributed by atoms with Crippen LogP contribution < -0.4 is 4.72 Å². The fourth-order valence-electron chi connectivity index (χ4n) is 3.36. The monoisotopic (exact) mass is 357 g/mol. The van der Waals surface area contributed by atoms with Crippen LogP contribution >= 0.6 is 0 Å². The van der Waals surface area contributed by atoms with Crippen LogP contribution in [-0.4, -0.2) is 56.6 Å². The maximum absolute atomic E-state index is 12.7. The van der Waals surface area contributed by atoms with Crippen LogP contribution in [0.15, 0.2) is 4.90 Å². The van der Waals surface area contributed by atoms with E-state index in [0.29, 0.717) is 17.8 Å². The number of H-pyrrole nitrogens is 1. The van der Waals surface area contributed by atoms with E-state index >= 15 is 0 Å². The molecule has 1 unspecified atom stereocenters. The summed E-state index contributed by atoms with van der Waals surface area (Å²) in [6, 6.07) is 0.230. The molecule has 0 aliphatic carbocycles. The highest BCUT2D eigenvalue weighted by Crippen LogP contribution is 2.24. The van der Waals surface area contributed by atoms with Gasteiger partial charge in [-0.2, -0.15) is 0 Å². The SMILES string of the molecule is CCOC(=O)c1[nH]c(C)c(S(=O)(=O)NCC2CCCN2CC)c1C. The zero-order chi connectivity index (χ0) is 17.9. The number of likely N-dealkylation sites (N-methyl/N-ethyl adjacent to an activating group) is 1. The second-order valence-electron chi connectivity index (χ2n) is 6.08. The summed E-state index contributed by atoms with van der Waals surface area (Å²) in [7, 11) is -3.68.